The van der Waals surface area contributed by atoms with Crippen molar-refractivity contribution in [1.29, 1.82) is 0 Å². The van der Waals surface area contributed by atoms with E-state index < -0.39 is 11.2 Å². The zero-order chi connectivity index (χ0) is 53.6. The van der Waals surface area contributed by atoms with Gasteiger partial charge in [0, 0.05) is 90.2 Å². The normalized spacial score (nSPS) is 11.9. The van der Waals surface area contributed by atoms with Gasteiger partial charge in [-0.3, -0.25) is 19.2 Å². The summed E-state index contributed by atoms with van der Waals surface area (Å²) in [6.07, 6.45) is 15.8. The van der Waals surface area contributed by atoms with Crippen LogP contribution in [0.15, 0.2) is 123 Å². The molecule has 0 atom stereocenters. The number of esters is 2. The first-order valence-electron chi connectivity index (χ1n) is 23.8. The number of halogens is 3. The van der Waals surface area contributed by atoms with Crippen LogP contribution in [0.2, 0.25) is 0 Å². The van der Waals surface area contributed by atoms with Gasteiger partial charge in [0.25, 0.3) is 0 Å². The Morgan fingerprint density at radius 2 is 1.08 bits per heavy atom. The second-order valence-electron chi connectivity index (χ2n) is 19.7. The minimum absolute atomic E-state index is 0.0204. The van der Waals surface area contributed by atoms with E-state index in [1.54, 1.807) is 46.3 Å². The maximum Gasteiger partial charge on any atom is 0.326 e. The molecule has 0 saturated carbocycles. The van der Waals surface area contributed by atoms with Gasteiger partial charge < -0.3 is 23.3 Å². The first-order valence-corrected chi connectivity index (χ1v) is 26.1. The Labute approximate surface area is 456 Å². The monoisotopic (exact) mass is 1190 g/mol. The number of benzene rings is 4. The number of Topliss-reactive ketones (excluding diaryl/α,β-unsaturated/α-hetero) is 2. The molecular formula is C58H57Br3N6O7. The third-order valence-corrected chi connectivity index (χ3v) is 13.3. The number of ketones is 2. The number of carbonyl (C=O) groups excluding carboxylic acids is 4. The number of carbonyl (C=O) groups is 4. The Hall–Kier alpha value is -6.62. The average Bonchev–Trinajstić information content (AvgIpc) is 4.03. The van der Waals surface area contributed by atoms with Crippen molar-refractivity contribution in [1.82, 2.24) is 29.1 Å². The lowest BCUT2D eigenvalue weighted by molar-refractivity contribution is -0.156. The fraction of sp³-hybridized carbons (Fsp3) is 0.276. The highest BCUT2D eigenvalue weighted by atomic mass is 79.9. The molecule has 0 radical (unpaired) electrons. The van der Waals surface area contributed by atoms with E-state index in [0.29, 0.717) is 29.4 Å². The lowest BCUT2D eigenvalue weighted by Crippen LogP contribution is -2.26. The maximum atomic E-state index is 12.4. The van der Waals surface area contributed by atoms with Crippen molar-refractivity contribution in [3.8, 4) is 28.0 Å². The molecule has 4 heterocycles. The molecular weight excluding hydrogens is 1130 g/mol. The number of hydrogen-bond donors (Lipinski definition) is 0. The Morgan fingerprint density at radius 1 is 0.608 bits per heavy atom. The summed E-state index contributed by atoms with van der Waals surface area (Å²) >= 11 is 10.8. The molecule has 382 valence electrons. The minimum atomic E-state index is -0.573. The summed E-state index contributed by atoms with van der Waals surface area (Å²) in [4.78, 5) is 66.0. The molecule has 4 aromatic carbocycles. The largest absolute Gasteiger partial charge is 0.488 e. The lowest BCUT2D eigenvalue weighted by Gasteiger charge is -2.20. The Balaban J connectivity index is 0.000000166. The van der Waals surface area contributed by atoms with E-state index in [1.807, 2.05) is 97.9 Å². The number of aryl methyl sites for hydroxylation is 2. The number of ether oxygens (including phenoxy) is 3. The van der Waals surface area contributed by atoms with Gasteiger partial charge in [0.15, 0.2) is 11.6 Å². The van der Waals surface area contributed by atoms with Gasteiger partial charge in [-0.25, -0.2) is 19.9 Å². The van der Waals surface area contributed by atoms with Gasteiger partial charge in [0.1, 0.15) is 48.3 Å². The molecule has 74 heavy (non-hydrogen) atoms. The zero-order valence-corrected chi connectivity index (χ0v) is 47.7. The molecule has 0 bridgehead atoms. The van der Waals surface area contributed by atoms with Crippen molar-refractivity contribution in [3.63, 3.8) is 0 Å². The van der Waals surface area contributed by atoms with E-state index in [4.69, 9.17) is 14.2 Å². The van der Waals surface area contributed by atoms with Crippen molar-refractivity contribution < 1.29 is 33.4 Å². The van der Waals surface area contributed by atoms with Gasteiger partial charge in [-0.2, -0.15) is 0 Å². The Morgan fingerprint density at radius 3 is 1.58 bits per heavy atom. The highest BCUT2D eigenvalue weighted by molar-refractivity contribution is 9.11. The van der Waals surface area contributed by atoms with Crippen LogP contribution in [0.1, 0.15) is 104 Å². The molecule has 1 aliphatic rings. The van der Waals surface area contributed by atoms with E-state index in [1.165, 1.54) is 30.5 Å². The molecule has 0 unspecified atom stereocenters. The molecule has 0 amide bonds. The molecule has 0 spiro atoms. The Kier molecular flexibility index (Phi) is 17.4. The molecule has 8 aromatic rings. The first-order chi connectivity index (χ1) is 34.9. The van der Waals surface area contributed by atoms with Crippen LogP contribution in [0.5, 0.6) is 5.75 Å². The smallest absolute Gasteiger partial charge is 0.326 e. The van der Waals surface area contributed by atoms with Crippen molar-refractivity contribution in [2.75, 3.05) is 0 Å². The van der Waals surface area contributed by atoms with Gasteiger partial charge in [0.05, 0.1) is 9.99 Å². The zero-order valence-electron chi connectivity index (χ0n) is 43.0. The van der Waals surface area contributed by atoms with Gasteiger partial charge in [-0.1, -0.05) is 74.3 Å². The van der Waals surface area contributed by atoms with E-state index in [9.17, 15) is 19.2 Å². The summed E-state index contributed by atoms with van der Waals surface area (Å²) in [5.74, 6) is 1.44. The van der Waals surface area contributed by atoms with Gasteiger partial charge in [0.2, 0.25) is 0 Å². The van der Waals surface area contributed by atoms with Crippen molar-refractivity contribution in [3.05, 3.63) is 163 Å². The summed E-state index contributed by atoms with van der Waals surface area (Å²) in [5.41, 5.74) is 8.77. The van der Waals surface area contributed by atoms with E-state index in [0.717, 1.165) is 69.6 Å². The van der Waals surface area contributed by atoms with Crippen molar-refractivity contribution in [2.24, 2.45) is 0 Å². The SMILES string of the molecule is Brc1cc2c(cc1OCc1ccccc1)C=CC2.CC(=O)c1cn(CC(=O)OC(C)(C)C)c2cc(-c3cnc(C)nc3)c(Br)cc12.CC(=O)c1cn(CC(=O)OC(C)(C)C)c2cc(Br)c(-c3cnc(C)nc3)cc12. The summed E-state index contributed by atoms with van der Waals surface area (Å²) in [5, 5.41) is 1.55. The van der Waals surface area contributed by atoms with Crippen LogP contribution in [-0.4, -0.2) is 63.8 Å². The van der Waals surface area contributed by atoms with E-state index >= 15 is 0 Å². The van der Waals surface area contributed by atoms with Crippen LogP contribution in [0.3, 0.4) is 0 Å². The summed E-state index contributed by atoms with van der Waals surface area (Å²) < 4.78 is 22.9. The van der Waals surface area contributed by atoms with E-state index in [-0.39, 0.29) is 36.6 Å². The fourth-order valence-electron chi connectivity index (χ4n) is 8.08. The highest BCUT2D eigenvalue weighted by Crippen LogP contribution is 2.37. The molecule has 16 heteroatoms. The number of aromatic nitrogens is 6. The topological polar surface area (TPSA) is 157 Å². The van der Waals surface area contributed by atoms with Crippen LogP contribution in [-0.2, 0) is 45.2 Å². The van der Waals surface area contributed by atoms with Crippen LogP contribution in [0.25, 0.3) is 50.1 Å². The van der Waals surface area contributed by atoms with Crippen LogP contribution < -0.4 is 4.74 Å². The highest BCUT2D eigenvalue weighted by Gasteiger charge is 2.23. The quantitative estimate of drug-likeness (QED) is 0.0896. The molecule has 9 rings (SSSR count). The summed E-state index contributed by atoms with van der Waals surface area (Å²) in [6.45, 7) is 18.3. The first kappa shape index (κ1) is 55.1. The standard InChI is InChI=1S/2C21H22BrN3O3.C16H13BrO/c1-12(26)17-10-25(11-20(27)28-21(3,4)5)19-7-15(18(22)6-16(17)19)14-8-23-13(2)24-9-14;1-12(26)17-10-25(11-20(27)28-21(3,4)5)19-7-18(22)15(6-16(17)19)14-8-23-13(2)24-9-14;17-15-9-13-7-4-8-14(13)10-16(15)18-11-12-5-2-1-3-6-12/h2*6-10H,11H2,1-5H3;1-6,8-10H,7,11H2. The predicted molar refractivity (Wildman–Crippen MR) is 300 cm³/mol. The molecule has 0 N–H and O–H groups in total. The van der Waals surface area contributed by atoms with Gasteiger partial charge in [-0.15, -0.1) is 0 Å². The van der Waals surface area contributed by atoms with E-state index in [2.05, 4.69) is 104 Å². The summed E-state index contributed by atoms with van der Waals surface area (Å²) in [7, 11) is 0. The van der Waals surface area contributed by atoms with Gasteiger partial charge in [-0.05, 0) is 150 Å². The molecule has 4 aromatic heterocycles. The third-order valence-electron chi connectivity index (χ3n) is 11.4. The number of hydrogen-bond acceptors (Lipinski definition) is 11. The van der Waals surface area contributed by atoms with Crippen LogP contribution >= 0.6 is 47.8 Å². The number of nitrogens with zero attached hydrogens (tertiary/aromatic N) is 6. The predicted octanol–water partition coefficient (Wildman–Crippen LogP) is 14.0. The second kappa shape index (κ2) is 23.3. The second-order valence-corrected chi connectivity index (χ2v) is 22.3. The average molecular weight is 1190 g/mol. The Bertz CT molecular complexity index is 3430. The minimum Gasteiger partial charge on any atom is -0.488 e. The third kappa shape index (κ3) is 14.2. The molecule has 13 nitrogen and oxygen atoms in total. The van der Waals surface area contributed by atoms with Crippen LogP contribution in [0.4, 0.5) is 0 Å². The van der Waals surface area contributed by atoms with Crippen molar-refractivity contribution >= 4 is 99.2 Å². The number of allylic oxidation sites excluding steroid dienone is 1. The lowest BCUT2D eigenvalue weighted by atomic mass is 10.0. The van der Waals surface area contributed by atoms with Gasteiger partial charge >= 0.3 is 11.9 Å². The van der Waals surface area contributed by atoms with Crippen LogP contribution in [0, 0.1) is 13.8 Å². The molecule has 0 saturated heterocycles. The molecule has 1 aliphatic carbocycles. The number of fused-ring (bicyclic) bond motifs is 3. The summed E-state index contributed by atoms with van der Waals surface area (Å²) in [6, 6.07) is 22.1. The fourth-order valence-corrected chi connectivity index (χ4v) is 9.71. The van der Waals surface area contributed by atoms with Crippen molar-refractivity contribution in [2.45, 2.75) is 107 Å². The molecule has 0 aliphatic heterocycles. The number of rotatable bonds is 11. The maximum absolute atomic E-state index is 12.4. The molecule has 0 fully saturated rings.